The molecule has 1 saturated heterocycles. The zero-order valence-corrected chi connectivity index (χ0v) is 11.7. The molecule has 108 valence electrons. The van der Waals surface area contributed by atoms with Crippen molar-refractivity contribution in [3.05, 3.63) is 28.8 Å². The minimum atomic E-state index is -1.07. The molecule has 0 saturated carbocycles. The number of rotatable bonds is 3. The second-order valence-corrected chi connectivity index (χ2v) is 4.97. The van der Waals surface area contributed by atoms with Crippen molar-refractivity contribution < 1.29 is 19.4 Å². The van der Waals surface area contributed by atoms with Gasteiger partial charge in [0.05, 0.1) is 28.9 Å². The maximum absolute atomic E-state index is 12.1. The van der Waals surface area contributed by atoms with Crippen LogP contribution in [0.5, 0.6) is 0 Å². The minimum absolute atomic E-state index is 0.0245. The van der Waals surface area contributed by atoms with E-state index in [-0.39, 0.29) is 23.3 Å². The van der Waals surface area contributed by atoms with Gasteiger partial charge >= 0.3 is 12.0 Å². The largest absolute Gasteiger partial charge is 0.478 e. The zero-order valence-electron chi connectivity index (χ0n) is 10.9. The molecule has 1 aliphatic heterocycles. The zero-order chi connectivity index (χ0) is 14.7. The average Bonchev–Trinajstić information content (AvgIpc) is 2.94. The van der Waals surface area contributed by atoms with Gasteiger partial charge < -0.3 is 20.1 Å². The number of aromatic carboxylic acids is 1. The lowest BCUT2D eigenvalue weighted by atomic mass is 10.2. The molecule has 1 fully saturated rings. The number of carboxylic acid groups (broad SMARTS) is 1. The van der Waals surface area contributed by atoms with E-state index in [4.69, 9.17) is 21.4 Å². The third-order valence-corrected chi connectivity index (χ3v) is 3.56. The number of benzene rings is 1. The Hall–Kier alpha value is -1.79. The summed E-state index contributed by atoms with van der Waals surface area (Å²) in [5.74, 6) is -1.07. The Bertz CT molecular complexity index is 529. The van der Waals surface area contributed by atoms with Gasteiger partial charge in [0, 0.05) is 13.7 Å². The summed E-state index contributed by atoms with van der Waals surface area (Å²) in [6.07, 6.45) is 0.785. The van der Waals surface area contributed by atoms with Crippen LogP contribution in [0.3, 0.4) is 0 Å². The van der Waals surface area contributed by atoms with Gasteiger partial charge in [0.25, 0.3) is 0 Å². The predicted octanol–water partition coefficient (Wildman–Crippen LogP) is 2.29. The molecule has 1 aromatic carbocycles. The van der Waals surface area contributed by atoms with Crippen LogP contribution in [0.15, 0.2) is 18.2 Å². The van der Waals surface area contributed by atoms with Gasteiger partial charge in [0.15, 0.2) is 0 Å². The topological polar surface area (TPSA) is 78.9 Å². The smallest absolute Gasteiger partial charge is 0.335 e. The number of anilines is 1. The third kappa shape index (κ3) is 3.20. The van der Waals surface area contributed by atoms with Crippen LogP contribution in [0.4, 0.5) is 10.5 Å². The molecule has 2 N–H and O–H groups in total. The molecule has 0 bridgehead atoms. The number of hydrogen-bond donors (Lipinski definition) is 2. The lowest BCUT2D eigenvalue weighted by molar-refractivity contribution is 0.0697. The van der Waals surface area contributed by atoms with E-state index in [9.17, 15) is 9.59 Å². The van der Waals surface area contributed by atoms with Crippen LogP contribution in [-0.4, -0.2) is 48.3 Å². The number of carboxylic acids is 1. The lowest BCUT2D eigenvalue weighted by Crippen LogP contribution is -2.40. The van der Waals surface area contributed by atoms with Gasteiger partial charge in [-0.25, -0.2) is 9.59 Å². The Morgan fingerprint density at radius 1 is 1.50 bits per heavy atom. The van der Waals surface area contributed by atoms with Gasteiger partial charge in [-0.3, -0.25) is 0 Å². The highest BCUT2D eigenvalue weighted by Gasteiger charge is 2.24. The minimum Gasteiger partial charge on any atom is -0.478 e. The van der Waals surface area contributed by atoms with Crippen LogP contribution in [0.2, 0.25) is 5.02 Å². The van der Waals surface area contributed by atoms with E-state index in [0.717, 1.165) is 6.42 Å². The molecule has 1 heterocycles. The van der Waals surface area contributed by atoms with E-state index in [1.54, 1.807) is 7.05 Å². The van der Waals surface area contributed by atoms with Crippen molar-refractivity contribution >= 4 is 29.3 Å². The Labute approximate surface area is 121 Å². The summed E-state index contributed by atoms with van der Waals surface area (Å²) in [6, 6.07) is 3.84. The van der Waals surface area contributed by atoms with E-state index in [1.807, 2.05) is 0 Å². The number of likely N-dealkylation sites (N-methyl/N-ethyl adjacent to an activating group) is 1. The molecule has 0 spiro atoms. The van der Waals surface area contributed by atoms with Crippen molar-refractivity contribution in [1.82, 2.24) is 4.90 Å². The number of carbonyl (C=O) groups excluding carboxylic acids is 1. The normalized spacial score (nSPS) is 17.8. The van der Waals surface area contributed by atoms with Gasteiger partial charge in [0.2, 0.25) is 0 Å². The molecule has 0 aromatic heterocycles. The van der Waals surface area contributed by atoms with Gasteiger partial charge in [-0.1, -0.05) is 11.6 Å². The van der Waals surface area contributed by atoms with Crippen LogP contribution in [-0.2, 0) is 4.74 Å². The fraction of sp³-hybridized carbons (Fsp3) is 0.385. The molecule has 0 radical (unpaired) electrons. The SMILES string of the molecule is CN(C(=O)Nc1cc(C(=O)O)ccc1Cl)C1CCOC1. The van der Waals surface area contributed by atoms with E-state index in [2.05, 4.69) is 5.32 Å². The standard InChI is InChI=1S/C13H15ClN2O4/c1-16(9-4-5-20-7-9)13(19)15-11-6-8(12(17)18)2-3-10(11)14/h2-3,6,9H,4-5,7H2,1H3,(H,15,19)(H,17,18). The van der Waals surface area contributed by atoms with E-state index >= 15 is 0 Å². The molecule has 20 heavy (non-hydrogen) atoms. The Morgan fingerprint density at radius 3 is 2.85 bits per heavy atom. The van der Waals surface area contributed by atoms with Crippen LogP contribution < -0.4 is 5.32 Å². The van der Waals surface area contributed by atoms with Gasteiger partial charge in [0.1, 0.15) is 0 Å². The number of halogens is 1. The molecular weight excluding hydrogens is 284 g/mol. The fourth-order valence-corrected chi connectivity index (χ4v) is 2.12. The van der Waals surface area contributed by atoms with Crippen LogP contribution in [0, 0.1) is 0 Å². The van der Waals surface area contributed by atoms with Crippen LogP contribution in [0.1, 0.15) is 16.8 Å². The van der Waals surface area contributed by atoms with Gasteiger partial charge in [-0.15, -0.1) is 0 Å². The number of nitrogens with zero attached hydrogens (tertiary/aromatic N) is 1. The summed E-state index contributed by atoms with van der Waals surface area (Å²) >= 11 is 5.96. The van der Waals surface area contributed by atoms with Gasteiger partial charge in [-0.05, 0) is 24.6 Å². The first-order valence-corrected chi connectivity index (χ1v) is 6.51. The lowest BCUT2D eigenvalue weighted by Gasteiger charge is -2.23. The van der Waals surface area contributed by atoms with Crippen molar-refractivity contribution in [2.45, 2.75) is 12.5 Å². The maximum Gasteiger partial charge on any atom is 0.335 e. The Kier molecular flexibility index (Phi) is 4.46. The quantitative estimate of drug-likeness (QED) is 0.897. The van der Waals surface area contributed by atoms with Crippen molar-refractivity contribution in [2.75, 3.05) is 25.6 Å². The van der Waals surface area contributed by atoms with Crippen molar-refractivity contribution in [2.24, 2.45) is 0 Å². The second-order valence-electron chi connectivity index (χ2n) is 4.56. The van der Waals surface area contributed by atoms with Crippen LogP contribution in [0.25, 0.3) is 0 Å². The highest BCUT2D eigenvalue weighted by atomic mass is 35.5. The van der Waals surface area contributed by atoms with E-state index < -0.39 is 5.97 Å². The number of carbonyl (C=O) groups is 2. The third-order valence-electron chi connectivity index (χ3n) is 3.23. The van der Waals surface area contributed by atoms with E-state index in [1.165, 1.54) is 23.1 Å². The monoisotopic (exact) mass is 298 g/mol. The molecular formula is C13H15ClN2O4. The molecule has 1 aromatic rings. The summed E-state index contributed by atoms with van der Waals surface area (Å²) in [5, 5.41) is 11.8. The second kappa shape index (κ2) is 6.11. The molecule has 0 aliphatic carbocycles. The predicted molar refractivity (Wildman–Crippen MR) is 74.4 cm³/mol. The average molecular weight is 299 g/mol. The first kappa shape index (κ1) is 14.6. The van der Waals surface area contributed by atoms with Crippen molar-refractivity contribution in [3.8, 4) is 0 Å². The first-order chi connectivity index (χ1) is 9.49. The molecule has 1 unspecified atom stereocenters. The highest BCUT2D eigenvalue weighted by Crippen LogP contribution is 2.24. The molecule has 2 amide bonds. The summed E-state index contributed by atoms with van der Waals surface area (Å²) < 4.78 is 5.23. The summed E-state index contributed by atoms with van der Waals surface area (Å²) in [6.45, 7) is 1.14. The molecule has 2 rings (SSSR count). The maximum atomic E-state index is 12.1. The Morgan fingerprint density at radius 2 is 2.25 bits per heavy atom. The number of hydrogen-bond acceptors (Lipinski definition) is 3. The fourth-order valence-electron chi connectivity index (χ4n) is 1.95. The number of nitrogens with one attached hydrogen (secondary N) is 1. The number of ether oxygens (including phenoxy) is 1. The van der Waals surface area contributed by atoms with Crippen molar-refractivity contribution in [3.63, 3.8) is 0 Å². The summed E-state index contributed by atoms with van der Waals surface area (Å²) in [4.78, 5) is 24.5. The first-order valence-electron chi connectivity index (χ1n) is 6.13. The van der Waals surface area contributed by atoms with Crippen LogP contribution >= 0.6 is 11.6 Å². The highest BCUT2D eigenvalue weighted by molar-refractivity contribution is 6.33. The number of urea groups is 1. The summed E-state index contributed by atoms with van der Waals surface area (Å²) in [7, 11) is 1.67. The van der Waals surface area contributed by atoms with Gasteiger partial charge in [-0.2, -0.15) is 0 Å². The molecule has 1 aliphatic rings. The molecule has 6 nitrogen and oxygen atoms in total. The molecule has 1 atom stereocenters. The summed E-state index contributed by atoms with van der Waals surface area (Å²) in [5.41, 5.74) is 0.346. The number of amides is 2. The molecule has 7 heteroatoms. The van der Waals surface area contributed by atoms with E-state index in [0.29, 0.717) is 18.2 Å². The van der Waals surface area contributed by atoms with Crippen molar-refractivity contribution in [1.29, 1.82) is 0 Å². The Balaban J connectivity index is 2.10.